The summed E-state index contributed by atoms with van der Waals surface area (Å²) >= 11 is 0. The van der Waals surface area contributed by atoms with Crippen LogP contribution in [0.4, 0.5) is 0 Å². The average molecular weight is 296 g/mol. The molecule has 110 valence electrons. The van der Waals surface area contributed by atoms with Crippen molar-refractivity contribution in [2.45, 2.75) is 32.1 Å². The van der Waals surface area contributed by atoms with Crippen LogP contribution in [0.15, 0.2) is 30.3 Å². The van der Waals surface area contributed by atoms with Crippen molar-refractivity contribution in [2.24, 2.45) is 5.41 Å². The molecule has 1 N–H and O–H groups in total. The number of carbonyl (C=O) groups is 1. The first kappa shape index (κ1) is 15.0. The van der Waals surface area contributed by atoms with E-state index in [1.807, 2.05) is 30.3 Å². The molecule has 0 unspecified atom stereocenters. The van der Waals surface area contributed by atoms with Gasteiger partial charge in [-0.05, 0) is 36.7 Å². The summed E-state index contributed by atoms with van der Waals surface area (Å²) in [6, 6.07) is 9.79. The smallest absolute Gasteiger partial charge is 0.303 e. The fourth-order valence-electron chi connectivity index (χ4n) is 2.55. The number of rotatable bonds is 8. The van der Waals surface area contributed by atoms with Crippen LogP contribution < -0.4 is 0 Å². The highest BCUT2D eigenvalue weighted by atomic mass is 32.2. The van der Waals surface area contributed by atoms with Gasteiger partial charge in [0.25, 0.3) is 0 Å². The Bertz CT molecular complexity index is 559. The lowest BCUT2D eigenvalue weighted by molar-refractivity contribution is -0.138. The molecule has 5 heteroatoms. The van der Waals surface area contributed by atoms with Crippen LogP contribution in [0.5, 0.6) is 0 Å². The number of sulfone groups is 1. The molecule has 0 spiro atoms. The molecule has 0 bridgehead atoms. The third-order valence-electron chi connectivity index (χ3n) is 3.77. The Balaban J connectivity index is 1.81. The maximum atomic E-state index is 12.1. The third kappa shape index (κ3) is 4.63. The van der Waals surface area contributed by atoms with Crippen molar-refractivity contribution in [3.8, 4) is 0 Å². The van der Waals surface area contributed by atoms with Crippen molar-refractivity contribution in [1.29, 1.82) is 0 Å². The molecule has 0 saturated heterocycles. The first-order valence-corrected chi connectivity index (χ1v) is 8.69. The van der Waals surface area contributed by atoms with Crippen molar-refractivity contribution in [3.63, 3.8) is 0 Å². The van der Waals surface area contributed by atoms with E-state index in [4.69, 9.17) is 5.11 Å². The topological polar surface area (TPSA) is 71.4 Å². The first-order chi connectivity index (χ1) is 9.41. The number of hydrogen-bond donors (Lipinski definition) is 1. The van der Waals surface area contributed by atoms with Gasteiger partial charge in [-0.25, -0.2) is 8.42 Å². The molecule has 0 radical (unpaired) electrons. The van der Waals surface area contributed by atoms with E-state index in [2.05, 4.69) is 0 Å². The van der Waals surface area contributed by atoms with Gasteiger partial charge >= 0.3 is 5.97 Å². The second-order valence-corrected chi connectivity index (χ2v) is 7.94. The Hall–Kier alpha value is -1.36. The maximum absolute atomic E-state index is 12.1. The summed E-state index contributed by atoms with van der Waals surface area (Å²) in [6.07, 6.45) is 2.75. The summed E-state index contributed by atoms with van der Waals surface area (Å²) < 4.78 is 24.1. The number of carboxylic acid groups (broad SMARTS) is 1. The summed E-state index contributed by atoms with van der Waals surface area (Å²) in [4.78, 5) is 10.7. The second-order valence-electron chi connectivity index (χ2n) is 5.75. The molecule has 1 aromatic rings. The zero-order valence-corrected chi connectivity index (χ0v) is 12.2. The lowest BCUT2D eigenvalue weighted by atomic mass is 10.1. The minimum absolute atomic E-state index is 0.0229. The van der Waals surface area contributed by atoms with Gasteiger partial charge in [0.1, 0.15) is 0 Å². The summed E-state index contributed by atoms with van der Waals surface area (Å²) in [5.41, 5.74) is 0.659. The summed E-state index contributed by atoms with van der Waals surface area (Å²) in [6.45, 7) is 0. The number of aryl methyl sites for hydroxylation is 1. The van der Waals surface area contributed by atoms with Gasteiger partial charge in [0.05, 0.1) is 17.9 Å². The van der Waals surface area contributed by atoms with Crippen LogP contribution in [-0.2, 0) is 21.1 Å². The molecule has 0 aliphatic heterocycles. The normalized spacial score (nSPS) is 16.8. The van der Waals surface area contributed by atoms with Crippen LogP contribution in [0.25, 0.3) is 0 Å². The van der Waals surface area contributed by atoms with Gasteiger partial charge in [0.2, 0.25) is 0 Å². The Labute approximate surface area is 119 Å². The zero-order chi connectivity index (χ0) is 14.6. The van der Waals surface area contributed by atoms with Crippen LogP contribution >= 0.6 is 0 Å². The van der Waals surface area contributed by atoms with E-state index < -0.39 is 21.2 Å². The highest BCUT2D eigenvalue weighted by Gasteiger charge is 2.47. The van der Waals surface area contributed by atoms with Gasteiger partial charge in [-0.1, -0.05) is 30.3 Å². The van der Waals surface area contributed by atoms with Crippen LogP contribution in [0.2, 0.25) is 0 Å². The van der Waals surface area contributed by atoms with Crippen LogP contribution in [0.1, 0.15) is 31.2 Å². The molecule has 0 amide bonds. The van der Waals surface area contributed by atoms with Gasteiger partial charge in [-0.15, -0.1) is 0 Å². The minimum atomic E-state index is -3.16. The van der Waals surface area contributed by atoms with Crippen molar-refractivity contribution in [2.75, 3.05) is 11.5 Å². The summed E-state index contributed by atoms with van der Waals surface area (Å²) in [7, 11) is -3.16. The molecule has 1 fully saturated rings. The largest absolute Gasteiger partial charge is 0.481 e. The van der Waals surface area contributed by atoms with Gasteiger partial charge < -0.3 is 5.11 Å². The number of benzene rings is 1. The van der Waals surface area contributed by atoms with E-state index >= 15 is 0 Å². The van der Waals surface area contributed by atoms with Crippen LogP contribution in [-0.4, -0.2) is 31.0 Å². The monoisotopic (exact) mass is 296 g/mol. The molecule has 1 aliphatic carbocycles. The highest BCUT2D eigenvalue weighted by molar-refractivity contribution is 7.91. The molecule has 20 heavy (non-hydrogen) atoms. The van der Waals surface area contributed by atoms with Crippen LogP contribution in [0, 0.1) is 5.41 Å². The van der Waals surface area contributed by atoms with Crippen molar-refractivity contribution in [1.82, 2.24) is 0 Å². The second kappa shape index (κ2) is 5.95. The molecule has 4 nitrogen and oxygen atoms in total. The van der Waals surface area contributed by atoms with E-state index in [-0.39, 0.29) is 17.9 Å². The average Bonchev–Trinajstić information content (AvgIpc) is 3.07. The number of hydrogen-bond acceptors (Lipinski definition) is 3. The van der Waals surface area contributed by atoms with Crippen LogP contribution in [0.3, 0.4) is 0 Å². The fourth-order valence-corrected chi connectivity index (χ4v) is 4.60. The summed E-state index contributed by atoms with van der Waals surface area (Å²) in [5.74, 6) is -0.730. The lowest BCUT2D eigenvalue weighted by Crippen LogP contribution is -2.22. The Morgan fingerprint density at radius 2 is 1.85 bits per heavy atom. The number of aliphatic carboxylic acids is 1. The van der Waals surface area contributed by atoms with E-state index in [0.29, 0.717) is 6.42 Å². The molecule has 1 saturated carbocycles. The quantitative estimate of drug-likeness (QED) is 0.799. The number of carboxylic acids is 1. The van der Waals surface area contributed by atoms with Gasteiger partial charge in [-0.3, -0.25) is 4.79 Å². The Morgan fingerprint density at radius 1 is 1.20 bits per heavy atom. The Morgan fingerprint density at radius 3 is 2.40 bits per heavy atom. The van der Waals surface area contributed by atoms with E-state index in [1.54, 1.807) is 0 Å². The van der Waals surface area contributed by atoms with Gasteiger partial charge in [0.15, 0.2) is 9.84 Å². The maximum Gasteiger partial charge on any atom is 0.303 e. The molecule has 1 aromatic carbocycles. The lowest BCUT2D eigenvalue weighted by Gasteiger charge is -2.12. The molecule has 0 aromatic heterocycles. The van der Waals surface area contributed by atoms with E-state index in [1.165, 1.54) is 0 Å². The molecule has 1 aliphatic rings. The molecule has 2 rings (SSSR count). The minimum Gasteiger partial charge on any atom is -0.481 e. The summed E-state index contributed by atoms with van der Waals surface area (Å²) in [5, 5.41) is 8.82. The van der Waals surface area contributed by atoms with E-state index in [0.717, 1.165) is 24.8 Å². The molecular weight excluding hydrogens is 276 g/mol. The fraction of sp³-hybridized carbons (Fsp3) is 0.533. The van der Waals surface area contributed by atoms with Crippen molar-refractivity contribution in [3.05, 3.63) is 35.9 Å². The first-order valence-electron chi connectivity index (χ1n) is 6.87. The van der Waals surface area contributed by atoms with Gasteiger partial charge in [0, 0.05) is 0 Å². The molecule has 0 atom stereocenters. The SMILES string of the molecule is O=C(O)CC1(CS(=O)(=O)CCCc2ccccc2)CC1. The Kier molecular flexibility index (Phi) is 4.48. The third-order valence-corrected chi connectivity index (χ3v) is 5.74. The predicted molar refractivity (Wildman–Crippen MR) is 77.3 cm³/mol. The molecular formula is C15H20O4S. The van der Waals surface area contributed by atoms with Crippen molar-refractivity contribution < 1.29 is 18.3 Å². The zero-order valence-electron chi connectivity index (χ0n) is 11.4. The standard InChI is InChI=1S/C15H20O4S/c16-14(17)11-15(8-9-15)12-20(18,19)10-4-7-13-5-2-1-3-6-13/h1-3,5-6H,4,7-12H2,(H,16,17). The van der Waals surface area contributed by atoms with E-state index in [9.17, 15) is 13.2 Å². The predicted octanol–water partition coefficient (Wildman–Crippen LogP) is 2.29. The highest BCUT2D eigenvalue weighted by Crippen LogP contribution is 2.49. The van der Waals surface area contributed by atoms with Gasteiger partial charge in [-0.2, -0.15) is 0 Å². The molecule has 0 heterocycles. The van der Waals surface area contributed by atoms with Crippen molar-refractivity contribution >= 4 is 15.8 Å².